The van der Waals surface area contributed by atoms with Gasteiger partial charge < -0.3 is 9.47 Å². The first-order chi connectivity index (χ1) is 11.9. The number of fused-ring (bicyclic) bond motifs is 1. The molecular formula is C19H22N2O2S2. The van der Waals surface area contributed by atoms with Gasteiger partial charge in [-0.05, 0) is 45.2 Å². The SMILES string of the molecule is CCC(C)Oc1cc(C)c(OC(C)CC)c2c1SC(=C(C#N)C#N)S2. The van der Waals surface area contributed by atoms with E-state index in [1.54, 1.807) is 0 Å². The van der Waals surface area contributed by atoms with E-state index in [0.717, 1.165) is 39.7 Å². The van der Waals surface area contributed by atoms with Crippen LogP contribution in [0.4, 0.5) is 0 Å². The van der Waals surface area contributed by atoms with Crippen LogP contribution in [0.15, 0.2) is 25.7 Å². The molecular weight excluding hydrogens is 352 g/mol. The molecule has 0 saturated heterocycles. The molecule has 2 atom stereocenters. The zero-order chi connectivity index (χ0) is 18.6. The van der Waals surface area contributed by atoms with Gasteiger partial charge in [0.1, 0.15) is 29.2 Å². The van der Waals surface area contributed by atoms with Crippen molar-refractivity contribution in [3.05, 3.63) is 21.4 Å². The van der Waals surface area contributed by atoms with E-state index in [1.807, 2.05) is 39.0 Å². The highest BCUT2D eigenvalue weighted by Crippen LogP contribution is 2.59. The normalized spacial score (nSPS) is 14.9. The van der Waals surface area contributed by atoms with E-state index >= 15 is 0 Å². The average molecular weight is 375 g/mol. The summed E-state index contributed by atoms with van der Waals surface area (Å²) in [7, 11) is 0. The molecule has 0 bridgehead atoms. The fourth-order valence-electron chi connectivity index (χ4n) is 2.15. The molecule has 1 aromatic carbocycles. The molecule has 0 spiro atoms. The van der Waals surface area contributed by atoms with Crippen molar-refractivity contribution in [2.75, 3.05) is 0 Å². The predicted octanol–water partition coefficient (Wildman–Crippen LogP) is 5.81. The number of thioether (sulfide) groups is 2. The minimum atomic E-state index is 0.0918. The third-order valence-corrected chi connectivity index (χ3v) is 6.57. The Kier molecular flexibility index (Phi) is 6.70. The summed E-state index contributed by atoms with van der Waals surface area (Å²) in [5, 5.41) is 18.4. The van der Waals surface area contributed by atoms with Crippen molar-refractivity contribution in [3.63, 3.8) is 0 Å². The number of ether oxygens (including phenoxy) is 2. The lowest BCUT2D eigenvalue weighted by Crippen LogP contribution is -2.13. The average Bonchev–Trinajstić information content (AvgIpc) is 3.04. The molecule has 1 aromatic rings. The topological polar surface area (TPSA) is 66.0 Å². The molecule has 0 radical (unpaired) electrons. The van der Waals surface area contributed by atoms with Crippen LogP contribution in [-0.2, 0) is 0 Å². The van der Waals surface area contributed by atoms with Gasteiger partial charge in [0, 0.05) is 0 Å². The number of rotatable bonds is 6. The summed E-state index contributed by atoms with van der Waals surface area (Å²) in [4.78, 5) is 1.88. The van der Waals surface area contributed by atoms with Crippen LogP contribution >= 0.6 is 23.5 Å². The summed E-state index contributed by atoms with van der Waals surface area (Å²) in [6.45, 7) is 10.2. The number of hydrogen-bond donors (Lipinski definition) is 0. The lowest BCUT2D eigenvalue weighted by molar-refractivity contribution is 0.200. The van der Waals surface area contributed by atoms with Gasteiger partial charge in [-0.1, -0.05) is 37.4 Å². The molecule has 132 valence electrons. The second kappa shape index (κ2) is 8.56. The Bertz CT molecular complexity index is 759. The summed E-state index contributed by atoms with van der Waals surface area (Å²) >= 11 is 2.85. The second-order valence-corrected chi connectivity index (χ2v) is 8.24. The van der Waals surface area contributed by atoms with Gasteiger partial charge in [-0.2, -0.15) is 10.5 Å². The number of aryl methyl sites for hydroxylation is 1. The minimum Gasteiger partial charge on any atom is -0.489 e. The fraction of sp³-hybridized carbons (Fsp3) is 0.474. The quantitative estimate of drug-likeness (QED) is 0.586. The largest absolute Gasteiger partial charge is 0.489 e. The van der Waals surface area contributed by atoms with E-state index in [9.17, 15) is 10.5 Å². The maximum absolute atomic E-state index is 9.21. The van der Waals surface area contributed by atoms with E-state index in [1.165, 1.54) is 23.5 Å². The van der Waals surface area contributed by atoms with Crippen LogP contribution in [0.25, 0.3) is 0 Å². The Labute approximate surface area is 158 Å². The molecule has 6 heteroatoms. The standard InChI is InChI=1S/C19H22N2O2S2/c1-6-12(4)22-15-8-11(3)16(23-13(5)7-2)18-17(15)24-19(25-18)14(9-20)10-21/h8,12-13H,6-7H2,1-5H3. The number of hydrogen-bond acceptors (Lipinski definition) is 6. The minimum absolute atomic E-state index is 0.0918. The molecule has 1 aliphatic rings. The van der Waals surface area contributed by atoms with Crippen molar-refractivity contribution in [3.8, 4) is 23.6 Å². The maximum Gasteiger partial charge on any atom is 0.150 e. The van der Waals surface area contributed by atoms with Crippen molar-refractivity contribution >= 4 is 23.5 Å². The Morgan fingerprint density at radius 3 is 2.16 bits per heavy atom. The van der Waals surface area contributed by atoms with Crippen LogP contribution in [0.3, 0.4) is 0 Å². The first-order valence-corrected chi connectivity index (χ1v) is 9.99. The van der Waals surface area contributed by atoms with Crippen LogP contribution in [0.5, 0.6) is 11.5 Å². The van der Waals surface area contributed by atoms with E-state index in [-0.39, 0.29) is 17.8 Å². The molecule has 1 heterocycles. The van der Waals surface area contributed by atoms with Gasteiger partial charge in [-0.3, -0.25) is 0 Å². The smallest absolute Gasteiger partial charge is 0.150 e. The van der Waals surface area contributed by atoms with Crippen molar-refractivity contribution in [2.45, 2.75) is 69.5 Å². The molecule has 0 aromatic heterocycles. The van der Waals surface area contributed by atoms with E-state index in [0.29, 0.717) is 4.24 Å². The molecule has 0 N–H and O–H groups in total. The Morgan fingerprint density at radius 2 is 1.60 bits per heavy atom. The first kappa shape index (κ1) is 19.6. The van der Waals surface area contributed by atoms with Gasteiger partial charge in [0.05, 0.1) is 26.2 Å². The van der Waals surface area contributed by atoms with Crippen molar-refractivity contribution in [1.29, 1.82) is 10.5 Å². The van der Waals surface area contributed by atoms with Gasteiger partial charge >= 0.3 is 0 Å². The predicted molar refractivity (Wildman–Crippen MR) is 102 cm³/mol. The molecule has 0 saturated carbocycles. The van der Waals surface area contributed by atoms with E-state index in [4.69, 9.17) is 9.47 Å². The third-order valence-electron chi connectivity index (χ3n) is 3.96. The first-order valence-electron chi connectivity index (χ1n) is 8.36. The number of nitriles is 2. The fourth-order valence-corrected chi connectivity index (χ4v) is 4.72. The summed E-state index contributed by atoms with van der Waals surface area (Å²) in [5.74, 6) is 1.62. The zero-order valence-corrected chi connectivity index (χ0v) is 16.8. The van der Waals surface area contributed by atoms with Crippen molar-refractivity contribution < 1.29 is 9.47 Å². The molecule has 4 nitrogen and oxygen atoms in total. The monoisotopic (exact) mass is 374 g/mol. The molecule has 25 heavy (non-hydrogen) atoms. The Hall–Kier alpha value is -1.76. The van der Waals surface area contributed by atoms with Crippen LogP contribution in [0.1, 0.15) is 46.1 Å². The maximum atomic E-state index is 9.21. The lowest BCUT2D eigenvalue weighted by atomic mass is 10.2. The van der Waals surface area contributed by atoms with Gasteiger partial charge in [0.15, 0.2) is 0 Å². The summed E-state index contributed by atoms with van der Waals surface area (Å²) < 4.78 is 12.9. The summed E-state index contributed by atoms with van der Waals surface area (Å²) in [6.07, 6.45) is 1.99. The molecule has 0 aliphatic carbocycles. The zero-order valence-electron chi connectivity index (χ0n) is 15.2. The highest BCUT2D eigenvalue weighted by molar-refractivity contribution is 8.24. The van der Waals surface area contributed by atoms with Crippen LogP contribution < -0.4 is 9.47 Å². The molecule has 2 rings (SSSR count). The van der Waals surface area contributed by atoms with Gasteiger partial charge in [-0.25, -0.2) is 0 Å². The highest BCUT2D eigenvalue weighted by atomic mass is 32.2. The Balaban J connectivity index is 2.56. The molecule has 0 amide bonds. The highest BCUT2D eigenvalue weighted by Gasteiger charge is 2.30. The van der Waals surface area contributed by atoms with Gasteiger partial charge in [0.25, 0.3) is 0 Å². The van der Waals surface area contributed by atoms with Gasteiger partial charge in [0.2, 0.25) is 0 Å². The molecule has 2 unspecified atom stereocenters. The number of nitrogens with zero attached hydrogens (tertiary/aromatic N) is 2. The van der Waals surface area contributed by atoms with E-state index in [2.05, 4.69) is 13.8 Å². The molecule has 0 fully saturated rings. The number of allylic oxidation sites excluding steroid dienone is 1. The van der Waals surface area contributed by atoms with Crippen molar-refractivity contribution in [1.82, 2.24) is 0 Å². The van der Waals surface area contributed by atoms with E-state index < -0.39 is 0 Å². The lowest BCUT2D eigenvalue weighted by Gasteiger charge is -2.21. The third kappa shape index (κ3) is 4.26. The van der Waals surface area contributed by atoms with Gasteiger partial charge in [-0.15, -0.1) is 0 Å². The van der Waals surface area contributed by atoms with Crippen LogP contribution in [0.2, 0.25) is 0 Å². The Morgan fingerprint density at radius 1 is 1.04 bits per heavy atom. The second-order valence-electron chi connectivity index (χ2n) is 5.94. The summed E-state index contributed by atoms with van der Waals surface area (Å²) in [6, 6.07) is 5.96. The molecule has 1 aliphatic heterocycles. The summed E-state index contributed by atoms with van der Waals surface area (Å²) in [5.41, 5.74) is 1.13. The van der Waals surface area contributed by atoms with Crippen LogP contribution in [-0.4, -0.2) is 12.2 Å². The van der Waals surface area contributed by atoms with Crippen LogP contribution in [0, 0.1) is 29.6 Å². The number of benzene rings is 1. The van der Waals surface area contributed by atoms with Crippen molar-refractivity contribution in [2.24, 2.45) is 0 Å².